The highest BCUT2D eigenvalue weighted by Gasteiger charge is 2.22. The van der Waals surface area contributed by atoms with Gasteiger partial charge in [0, 0.05) is 41.7 Å². The van der Waals surface area contributed by atoms with Crippen molar-refractivity contribution >= 4 is 33.6 Å². The number of carbonyl (C=O) groups is 2. The van der Waals surface area contributed by atoms with Gasteiger partial charge in [0.1, 0.15) is 0 Å². The topological polar surface area (TPSA) is 113 Å². The molecule has 0 aliphatic heterocycles. The van der Waals surface area contributed by atoms with Crippen molar-refractivity contribution in [3.8, 4) is 11.5 Å². The fraction of sp³-hybridized carbons (Fsp3) is 0.280. The number of benzene rings is 2. The minimum atomic E-state index is -0.917. The van der Waals surface area contributed by atoms with Crippen LogP contribution in [0.15, 0.2) is 53.7 Å². The summed E-state index contributed by atoms with van der Waals surface area (Å²) < 4.78 is 17.3. The number of rotatable bonds is 9. The first kappa shape index (κ1) is 23.0. The Kier molecular flexibility index (Phi) is 6.62. The number of para-hydroxylation sites is 1. The maximum absolute atomic E-state index is 12.8. The Bertz CT molecular complexity index is 1420. The molecule has 176 valence electrons. The molecule has 2 aromatic heterocycles. The Labute approximate surface area is 195 Å². The zero-order valence-corrected chi connectivity index (χ0v) is 19.2. The Hall–Kier alpha value is -4.14. The lowest BCUT2D eigenvalue weighted by Crippen LogP contribution is -2.25. The van der Waals surface area contributed by atoms with Gasteiger partial charge in [0.2, 0.25) is 5.78 Å². The van der Waals surface area contributed by atoms with Gasteiger partial charge in [-0.1, -0.05) is 18.2 Å². The molecule has 0 spiro atoms. The number of fused-ring (bicyclic) bond motifs is 2. The molecular weight excluding hydrogens is 438 g/mol. The van der Waals surface area contributed by atoms with Crippen LogP contribution >= 0.6 is 0 Å². The third-order valence-electron chi connectivity index (χ3n) is 5.64. The minimum Gasteiger partial charge on any atom is -0.493 e. The number of hydrogen-bond acceptors (Lipinski definition) is 7. The van der Waals surface area contributed by atoms with Gasteiger partial charge in [-0.15, -0.1) is 0 Å². The third kappa shape index (κ3) is 4.50. The molecule has 0 saturated carbocycles. The van der Waals surface area contributed by atoms with Gasteiger partial charge in [-0.3, -0.25) is 19.0 Å². The summed E-state index contributed by atoms with van der Waals surface area (Å²) >= 11 is 0. The Morgan fingerprint density at radius 2 is 1.82 bits per heavy atom. The van der Waals surface area contributed by atoms with E-state index in [0.717, 1.165) is 10.9 Å². The summed E-state index contributed by atoms with van der Waals surface area (Å²) in [6.45, 7) is 1.83. The number of Topliss-reactive ketones (excluding diaryl/α,β-unsaturated/α-hetero) is 1. The predicted molar refractivity (Wildman–Crippen MR) is 127 cm³/mol. The summed E-state index contributed by atoms with van der Waals surface area (Å²) in [7, 11) is 3.01. The van der Waals surface area contributed by atoms with E-state index in [9.17, 15) is 14.4 Å². The highest BCUT2D eigenvalue weighted by atomic mass is 16.5. The zero-order valence-electron chi connectivity index (χ0n) is 19.2. The Balaban J connectivity index is 1.37. The van der Waals surface area contributed by atoms with E-state index in [-0.39, 0.29) is 24.3 Å². The van der Waals surface area contributed by atoms with Crippen molar-refractivity contribution in [3.63, 3.8) is 0 Å². The first-order chi connectivity index (χ1) is 16.4. The molecule has 34 heavy (non-hydrogen) atoms. The van der Waals surface area contributed by atoms with Gasteiger partial charge in [0.25, 0.3) is 5.56 Å². The van der Waals surface area contributed by atoms with Gasteiger partial charge in [0.15, 0.2) is 17.6 Å². The van der Waals surface area contributed by atoms with E-state index in [2.05, 4.69) is 9.97 Å². The summed E-state index contributed by atoms with van der Waals surface area (Å²) in [5, 5.41) is 1.17. The van der Waals surface area contributed by atoms with Gasteiger partial charge < -0.3 is 19.2 Å². The average Bonchev–Trinajstić information content (AvgIpc) is 3.28. The average molecular weight is 463 g/mol. The van der Waals surface area contributed by atoms with Crippen LogP contribution in [0.2, 0.25) is 0 Å². The molecule has 2 aromatic carbocycles. The van der Waals surface area contributed by atoms with Gasteiger partial charge in [0.05, 0.1) is 31.4 Å². The number of aryl methyl sites for hydroxylation is 1. The summed E-state index contributed by atoms with van der Waals surface area (Å²) in [6.07, 6.45) is 2.56. The molecule has 0 radical (unpaired) electrons. The predicted octanol–water partition coefficient (Wildman–Crippen LogP) is 3.49. The van der Waals surface area contributed by atoms with Crippen LogP contribution in [0.25, 0.3) is 21.8 Å². The lowest BCUT2D eigenvalue weighted by molar-refractivity contribution is -0.146. The first-order valence-electron chi connectivity index (χ1n) is 10.8. The molecule has 0 saturated heterocycles. The molecule has 9 heteroatoms. The molecular formula is C25H25N3O6. The molecule has 2 heterocycles. The van der Waals surface area contributed by atoms with E-state index in [1.165, 1.54) is 25.1 Å². The van der Waals surface area contributed by atoms with E-state index in [0.29, 0.717) is 34.4 Å². The molecule has 4 aromatic rings. The van der Waals surface area contributed by atoms with E-state index in [1.54, 1.807) is 25.3 Å². The molecule has 0 aliphatic rings. The fourth-order valence-corrected chi connectivity index (χ4v) is 3.84. The molecule has 0 bridgehead atoms. The number of ether oxygens (including phenoxy) is 3. The number of methoxy groups -OCH3 is 2. The van der Waals surface area contributed by atoms with Crippen molar-refractivity contribution in [2.45, 2.75) is 32.4 Å². The normalized spacial score (nSPS) is 12.0. The van der Waals surface area contributed by atoms with Gasteiger partial charge in [-0.25, -0.2) is 4.98 Å². The second kappa shape index (κ2) is 9.78. The molecule has 0 unspecified atom stereocenters. The molecule has 1 N–H and O–H groups in total. The maximum atomic E-state index is 12.8. The lowest BCUT2D eigenvalue weighted by atomic mass is 10.1. The minimum absolute atomic E-state index is 0.0575. The van der Waals surface area contributed by atoms with Crippen LogP contribution in [0.5, 0.6) is 11.5 Å². The zero-order chi connectivity index (χ0) is 24.2. The third-order valence-corrected chi connectivity index (χ3v) is 5.64. The number of nitrogens with zero attached hydrogens (tertiary/aromatic N) is 2. The van der Waals surface area contributed by atoms with E-state index in [4.69, 9.17) is 14.2 Å². The largest absolute Gasteiger partial charge is 0.493 e. The number of esters is 1. The van der Waals surface area contributed by atoms with Crippen molar-refractivity contribution in [2.24, 2.45) is 0 Å². The molecule has 4 rings (SSSR count). The van der Waals surface area contributed by atoms with Crippen LogP contribution in [0.1, 0.15) is 30.1 Å². The van der Waals surface area contributed by atoms with Crippen molar-refractivity contribution < 1.29 is 23.8 Å². The number of carbonyl (C=O) groups excluding carboxylic acids is 2. The van der Waals surface area contributed by atoms with Crippen molar-refractivity contribution in [3.05, 3.63) is 64.8 Å². The standard InChI is InChI=1S/C25H25N3O6/c1-15(24(30)18-13-26-19-8-5-4-7-16(18)19)34-23(29)9-6-10-28-14-27-20-12-22(33-3)21(32-2)11-17(20)25(28)31/h4-5,7-8,11-15,26H,6,9-10H2,1-3H3/t15-/m0/s1. The van der Waals surface area contributed by atoms with Crippen molar-refractivity contribution in [2.75, 3.05) is 14.2 Å². The van der Waals surface area contributed by atoms with E-state index in [1.807, 2.05) is 24.3 Å². The van der Waals surface area contributed by atoms with Crippen molar-refractivity contribution in [1.29, 1.82) is 0 Å². The number of H-pyrrole nitrogens is 1. The smallest absolute Gasteiger partial charge is 0.306 e. The lowest BCUT2D eigenvalue weighted by Gasteiger charge is -2.12. The van der Waals surface area contributed by atoms with Crippen LogP contribution in [-0.4, -0.2) is 46.6 Å². The Morgan fingerprint density at radius 3 is 2.59 bits per heavy atom. The molecule has 0 amide bonds. The van der Waals surface area contributed by atoms with Crippen molar-refractivity contribution in [1.82, 2.24) is 14.5 Å². The second-order valence-corrected chi connectivity index (χ2v) is 7.82. The first-order valence-corrected chi connectivity index (χ1v) is 10.8. The molecule has 0 fully saturated rings. The van der Waals surface area contributed by atoms with Gasteiger partial charge in [-0.2, -0.15) is 0 Å². The highest BCUT2D eigenvalue weighted by Crippen LogP contribution is 2.29. The van der Waals surface area contributed by atoms with Crippen LogP contribution in [0, 0.1) is 0 Å². The molecule has 0 aliphatic carbocycles. The van der Waals surface area contributed by atoms with E-state index >= 15 is 0 Å². The highest BCUT2D eigenvalue weighted by molar-refractivity contribution is 6.10. The summed E-state index contributed by atoms with van der Waals surface area (Å²) in [5.41, 5.74) is 1.57. The van der Waals surface area contributed by atoms with Crippen LogP contribution in [-0.2, 0) is 16.1 Å². The monoisotopic (exact) mass is 463 g/mol. The van der Waals surface area contributed by atoms with Crippen LogP contribution < -0.4 is 15.0 Å². The maximum Gasteiger partial charge on any atom is 0.306 e. The summed E-state index contributed by atoms with van der Waals surface area (Å²) in [6, 6.07) is 10.7. The summed E-state index contributed by atoms with van der Waals surface area (Å²) in [5.74, 6) is 0.141. The fourth-order valence-electron chi connectivity index (χ4n) is 3.84. The van der Waals surface area contributed by atoms with Gasteiger partial charge in [-0.05, 0) is 25.5 Å². The summed E-state index contributed by atoms with van der Waals surface area (Å²) in [4.78, 5) is 45.3. The SMILES string of the molecule is COc1cc2ncn(CCCC(=O)O[C@@H](C)C(=O)c3c[nH]c4ccccc34)c(=O)c2cc1OC. The number of nitrogens with one attached hydrogen (secondary N) is 1. The number of aromatic amines is 1. The Morgan fingerprint density at radius 1 is 1.09 bits per heavy atom. The number of hydrogen-bond donors (Lipinski definition) is 1. The van der Waals surface area contributed by atoms with E-state index < -0.39 is 12.1 Å². The molecule has 1 atom stereocenters. The number of aromatic nitrogens is 3. The molecule has 9 nitrogen and oxygen atoms in total. The quantitative estimate of drug-likeness (QED) is 0.299. The van der Waals surface area contributed by atoms with Gasteiger partial charge >= 0.3 is 5.97 Å². The number of ketones is 1. The van der Waals surface area contributed by atoms with Crippen LogP contribution in [0.3, 0.4) is 0 Å². The second-order valence-electron chi connectivity index (χ2n) is 7.82. The van der Waals surface area contributed by atoms with Crippen LogP contribution in [0.4, 0.5) is 0 Å².